The number of aliphatic hydroxyl groups is 2. The van der Waals surface area contributed by atoms with Gasteiger partial charge in [-0.3, -0.25) is 0 Å². The zero-order chi connectivity index (χ0) is 13.3. The van der Waals surface area contributed by atoms with Crippen LogP contribution in [0.15, 0.2) is 12.7 Å². The predicted molar refractivity (Wildman–Crippen MR) is 60.5 cm³/mol. The van der Waals surface area contributed by atoms with Crippen LogP contribution < -0.4 is 5.32 Å². The molecule has 0 aromatic heterocycles. The first-order chi connectivity index (χ1) is 8.02. The van der Waals surface area contributed by atoms with Crippen LogP contribution in [0, 0.1) is 0 Å². The molecule has 0 bridgehead atoms. The highest BCUT2D eigenvalue weighted by Crippen LogP contribution is 1.93. The van der Waals surface area contributed by atoms with Crippen molar-refractivity contribution >= 4 is 12.0 Å². The highest BCUT2D eigenvalue weighted by Gasteiger charge is 2.14. The summed E-state index contributed by atoms with van der Waals surface area (Å²) in [6.45, 7) is 3.81. The highest BCUT2D eigenvalue weighted by atomic mass is 16.4. The van der Waals surface area contributed by atoms with E-state index in [2.05, 4.69) is 11.9 Å². The molecule has 0 aliphatic heterocycles. The number of hydrogen-bond acceptors (Lipinski definition) is 4. The first-order valence-electron chi connectivity index (χ1n) is 5.18. The molecular weight excluding hydrogens is 228 g/mol. The number of nitrogens with zero attached hydrogens (tertiary/aromatic N) is 1. The third-order valence-electron chi connectivity index (χ3n) is 1.99. The lowest BCUT2D eigenvalue weighted by Gasteiger charge is -2.20. The Kier molecular flexibility index (Phi) is 7.74. The van der Waals surface area contributed by atoms with Crippen LogP contribution in [0.5, 0.6) is 0 Å². The maximum atomic E-state index is 11.5. The summed E-state index contributed by atoms with van der Waals surface area (Å²) in [6.07, 6.45) is -0.0373. The van der Waals surface area contributed by atoms with Crippen LogP contribution >= 0.6 is 0 Å². The monoisotopic (exact) mass is 246 g/mol. The fourth-order valence-corrected chi connectivity index (χ4v) is 1.10. The van der Waals surface area contributed by atoms with Crippen LogP contribution in [-0.4, -0.2) is 64.6 Å². The van der Waals surface area contributed by atoms with E-state index in [1.54, 1.807) is 0 Å². The number of urea groups is 1. The number of nitrogens with one attached hydrogen (secondary N) is 1. The van der Waals surface area contributed by atoms with Gasteiger partial charge in [0.2, 0.25) is 0 Å². The molecule has 0 aromatic carbocycles. The quantitative estimate of drug-likeness (QED) is 0.411. The second-order valence-corrected chi connectivity index (χ2v) is 3.33. The van der Waals surface area contributed by atoms with E-state index in [0.29, 0.717) is 0 Å². The zero-order valence-electron chi connectivity index (χ0n) is 9.50. The molecule has 0 rings (SSSR count). The van der Waals surface area contributed by atoms with Crippen molar-refractivity contribution in [3.8, 4) is 0 Å². The van der Waals surface area contributed by atoms with Crippen LogP contribution in [-0.2, 0) is 4.79 Å². The van der Waals surface area contributed by atoms with E-state index in [1.807, 2.05) is 0 Å². The number of aliphatic carboxylic acids is 1. The highest BCUT2D eigenvalue weighted by molar-refractivity contribution is 5.74. The predicted octanol–water partition coefficient (Wildman–Crippen LogP) is -0.988. The Morgan fingerprint density at radius 1 is 1.47 bits per heavy atom. The summed E-state index contributed by atoms with van der Waals surface area (Å²) in [6, 6.07) is -0.434. The second-order valence-electron chi connectivity index (χ2n) is 3.33. The number of carbonyl (C=O) groups is 2. The standard InChI is InChI=1S/C10H18N2O5/c1-2-5-12(6-7-13)10(17)11-4-3-8(14)9(15)16/h2,8,13-14H,1,3-7H2,(H,11,17)(H,15,16). The van der Waals surface area contributed by atoms with Crippen molar-refractivity contribution in [2.24, 2.45) is 0 Å². The van der Waals surface area contributed by atoms with Crippen LogP contribution in [0.1, 0.15) is 6.42 Å². The van der Waals surface area contributed by atoms with Gasteiger partial charge in [-0.15, -0.1) is 6.58 Å². The SMILES string of the molecule is C=CCN(CCO)C(=O)NCCC(O)C(=O)O. The molecule has 7 nitrogen and oxygen atoms in total. The molecule has 0 spiro atoms. The van der Waals surface area contributed by atoms with Crippen LogP contribution in [0.25, 0.3) is 0 Å². The first-order valence-corrected chi connectivity index (χ1v) is 5.18. The van der Waals surface area contributed by atoms with Gasteiger partial charge in [0.25, 0.3) is 0 Å². The van der Waals surface area contributed by atoms with Gasteiger partial charge in [-0.2, -0.15) is 0 Å². The number of hydrogen-bond donors (Lipinski definition) is 4. The molecule has 98 valence electrons. The van der Waals surface area contributed by atoms with Gasteiger partial charge in [-0.05, 0) is 0 Å². The van der Waals surface area contributed by atoms with Crippen molar-refractivity contribution in [2.75, 3.05) is 26.2 Å². The summed E-state index contributed by atoms with van der Waals surface area (Å²) >= 11 is 0. The summed E-state index contributed by atoms with van der Waals surface area (Å²) in [5.74, 6) is -1.32. The van der Waals surface area contributed by atoms with Gasteiger partial charge in [-0.25, -0.2) is 9.59 Å². The molecule has 0 radical (unpaired) electrons. The normalized spacial score (nSPS) is 11.6. The van der Waals surface area contributed by atoms with E-state index >= 15 is 0 Å². The van der Waals surface area contributed by atoms with Crippen LogP contribution in [0.2, 0.25) is 0 Å². The molecular formula is C10H18N2O5. The van der Waals surface area contributed by atoms with Gasteiger partial charge < -0.3 is 25.5 Å². The molecule has 4 N–H and O–H groups in total. The molecule has 0 aromatic rings. The van der Waals surface area contributed by atoms with E-state index in [9.17, 15) is 9.59 Å². The average molecular weight is 246 g/mol. The maximum absolute atomic E-state index is 11.5. The molecule has 0 fully saturated rings. The number of aliphatic hydroxyl groups excluding tert-OH is 2. The summed E-state index contributed by atoms with van der Waals surface area (Å²) < 4.78 is 0. The van der Waals surface area contributed by atoms with Crippen LogP contribution in [0.4, 0.5) is 4.79 Å². The van der Waals surface area contributed by atoms with E-state index in [0.717, 1.165) is 0 Å². The Bertz CT molecular complexity index is 269. The summed E-state index contributed by atoms with van der Waals surface area (Å²) in [5.41, 5.74) is 0. The fourth-order valence-electron chi connectivity index (χ4n) is 1.10. The topological polar surface area (TPSA) is 110 Å². The molecule has 0 saturated carbocycles. The molecule has 0 heterocycles. The van der Waals surface area contributed by atoms with E-state index in [-0.39, 0.29) is 32.7 Å². The molecule has 0 aliphatic carbocycles. The van der Waals surface area contributed by atoms with Crippen molar-refractivity contribution < 1.29 is 24.9 Å². The molecule has 7 heteroatoms. The van der Waals surface area contributed by atoms with Gasteiger partial charge in [0.05, 0.1) is 6.61 Å². The van der Waals surface area contributed by atoms with Crippen molar-refractivity contribution in [1.29, 1.82) is 0 Å². The van der Waals surface area contributed by atoms with Crippen molar-refractivity contribution in [1.82, 2.24) is 10.2 Å². The van der Waals surface area contributed by atoms with Crippen molar-refractivity contribution in [2.45, 2.75) is 12.5 Å². The minimum Gasteiger partial charge on any atom is -0.479 e. The smallest absolute Gasteiger partial charge is 0.332 e. The molecule has 0 aliphatic rings. The van der Waals surface area contributed by atoms with Gasteiger partial charge >= 0.3 is 12.0 Å². The number of carbonyl (C=O) groups excluding carboxylic acids is 1. The lowest BCUT2D eigenvalue weighted by molar-refractivity contribution is -0.146. The van der Waals surface area contributed by atoms with Crippen LogP contribution in [0.3, 0.4) is 0 Å². The molecule has 1 atom stereocenters. The Hall–Kier alpha value is -1.60. The fraction of sp³-hybridized carbons (Fsp3) is 0.600. The zero-order valence-corrected chi connectivity index (χ0v) is 9.50. The first kappa shape index (κ1) is 15.4. The summed E-state index contributed by atoms with van der Waals surface area (Å²) in [7, 11) is 0. The third-order valence-corrected chi connectivity index (χ3v) is 1.99. The third kappa shape index (κ3) is 6.54. The van der Waals surface area contributed by atoms with E-state index < -0.39 is 18.1 Å². The summed E-state index contributed by atoms with van der Waals surface area (Å²) in [5, 5.41) is 28.5. The Morgan fingerprint density at radius 2 is 2.12 bits per heavy atom. The molecule has 2 amide bonds. The maximum Gasteiger partial charge on any atom is 0.332 e. The van der Waals surface area contributed by atoms with E-state index in [4.69, 9.17) is 15.3 Å². The second kappa shape index (κ2) is 8.54. The number of amides is 2. The lowest BCUT2D eigenvalue weighted by Crippen LogP contribution is -2.42. The van der Waals surface area contributed by atoms with Gasteiger partial charge in [0, 0.05) is 26.1 Å². The molecule has 1 unspecified atom stereocenters. The number of rotatable bonds is 8. The molecule has 17 heavy (non-hydrogen) atoms. The van der Waals surface area contributed by atoms with E-state index in [1.165, 1.54) is 11.0 Å². The van der Waals surface area contributed by atoms with Crippen molar-refractivity contribution in [3.63, 3.8) is 0 Å². The largest absolute Gasteiger partial charge is 0.479 e. The lowest BCUT2D eigenvalue weighted by atomic mass is 10.2. The van der Waals surface area contributed by atoms with Gasteiger partial charge in [0.1, 0.15) is 0 Å². The van der Waals surface area contributed by atoms with Crippen molar-refractivity contribution in [3.05, 3.63) is 12.7 Å². The Morgan fingerprint density at radius 3 is 2.59 bits per heavy atom. The summed E-state index contributed by atoms with van der Waals surface area (Å²) in [4.78, 5) is 23.1. The minimum absolute atomic E-state index is 0.0470. The molecule has 0 saturated heterocycles. The Labute approximate surface area is 99.3 Å². The number of carboxylic acid groups (broad SMARTS) is 1. The van der Waals surface area contributed by atoms with Gasteiger partial charge in [-0.1, -0.05) is 6.08 Å². The average Bonchev–Trinajstić information content (AvgIpc) is 2.28. The Balaban J connectivity index is 3.96. The number of carboxylic acids is 1. The minimum atomic E-state index is -1.49. The van der Waals surface area contributed by atoms with Gasteiger partial charge in [0.15, 0.2) is 6.10 Å².